The minimum atomic E-state index is -2.18. The molecule has 14 heteroatoms. The van der Waals surface area contributed by atoms with Crippen molar-refractivity contribution < 1.29 is 42.6 Å². The number of esters is 1. The first-order valence-electron chi connectivity index (χ1n) is 17.3. The first kappa shape index (κ1) is 41.5. The van der Waals surface area contributed by atoms with Gasteiger partial charge in [-0.3, -0.25) is 4.68 Å². The third-order valence-corrected chi connectivity index (χ3v) is 13.1. The Bertz CT molecular complexity index is 1540. The summed E-state index contributed by atoms with van der Waals surface area (Å²) in [7, 11) is -2.18. The molecule has 2 heterocycles. The molecule has 1 aromatic heterocycles. The van der Waals surface area contributed by atoms with Gasteiger partial charge in [-0.2, -0.15) is 10.6 Å². The van der Waals surface area contributed by atoms with E-state index in [0.717, 1.165) is 16.7 Å². The second-order valence-electron chi connectivity index (χ2n) is 16.5. The summed E-state index contributed by atoms with van der Waals surface area (Å²) in [4.78, 5) is 43.7. The first-order valence-corrected chi connectivity index (χ1v) is 20.3. The van der Waals surface area contributed by atoms with Gasteiger partial charge in [-0.1, -0.05) is 39.5 Å². The highest BCUT2D eigenvalue weighted by molar-refractivity contribution is 6.74. The van der Waals surface area contributed by atoms with Crippen LogP contribution in [0, 0.1) is 0 Å². The standard InChI is InChI=1S/C37H58N4O9Si/c1-14-19-45-33(44)40-50-37(11,31(42)47-34(2,3)4)30-18-16-26-20-25(15-17-29(26)46-30)27-21-39-41(23-27)24-28(49-51(12,13)36(8,9)10)22-38-32(43)48-35(5,6)7/h14-15,17,20-21,23,28,30H,1,16,18-19,22,24H2,2-13H3,(H,38,43)(H,40,44). The molecule has 2 N–H and O–H groups in total. The van der Waals surface area contributed by atoms with Gasteiger partial charge in [0.2, 0.25) is 5.60 Å². The van der Waals surface area contributed by atoms with Crippen LogP contribution in [0.3, 0.4) is 0 Å². The molecule has 1 aromatic carbocycles. The van der Waals surface area contributed by atoms with Gasteiger partial charge in [-0.25, -0.2) is 19.2 Å². The predicted octanol–water partition coefficient (Wildman–Crippen LogP) is 7.10. The van der Waals surface area contributed by atoms with Gasteiger partial charge in [0.25, 0.3) is 0 Å². The average molecular weight is 731 g/mol. The molecular weight excluding hydrogens is 673 g/mol. The Morgan fingerprint density at radius 2 is 1.69 bits per heavy atom. The maximum atomic E-state index is 13.4. The van der Waals surface area contributed by atoms with Crippen molar-refractivity contribution in [1.82, 2.24) is 20.6 Å². The molecule has 0 aliphatic carbocycles. The Kier molecular flexibility index (Phi) is 13.2. The molecule has 2 aromatic rings. The van der Waals surface area contributed by atoms with Crippen molar-refractivity contribution >= 4 is 26.5 Å². The van der Waals surface area contributed by atoms with Crippen molar-refractivity contribution in [2.45, 2.75) is 136 Å². The van der Waals surface area contributed by atoms with E-state index in [1.54, 1.807) is 27.0 Å². The van der Waals surface area contributed by atoms with Crippen LogP contribution in [-0.2, 0) is 41.2 Å². The molecule has 13 nitrogen and oxygen atoms in total. The Balaban J connectivity index is 1.79. The van der Waals surface area contributed by atoms with Crippen LogP contribution < -0.4 is 15.5 Å². The van der Waals surface area contributed by atoms with Crippen molar-refractivity contribution in [2.24, 2.45) is 0 Å². The zero-order chi connectivity index (χ0) is 38.4. The number of hydroxylamine groups is 1. The van der Waals surface area contributed by atoms with Crippen LogP contribution in [0.15, 0.2) is 43.2 Å². The van der Waals surface area contributed by atoms with Gasteiger partial charge in [-0.15, -0.1) is 0 Å². The van der Waals surface area contributed by atoms with Gasteiger partial charge in [0.1, 0.15) is 29.7 Å². The fraction of sp³-hybridized carbons (Fsp3) is 0.622. The molecule has 0 fully saturated rings. The quantitative estimate of drug-likeness (QED) is 0.0719. The number of ether oxygens (including phenoxy) is 4. The second-order valence-corrected chi connectivity index (χ2v) is 21.3. The topological polar surface area (TPSA) is 148 Å². The normalized spacial score (nSPS) is 16.8. The van der Waals surface area contributed by atoms with E-state index >= 15 is 0 Å². The first-order chi connectivity index (χ1) is 23.4. The second kappa shape index (κ2) is 16.2. The number of amides is 2. The van der Waals surface area contributed by atoms with Gasteiger partial charge in [0.05, 0.1) is 18.8 Å². The molecule has 1 aliphatic heterocycles. The van der Waals surface area contributed by atoms with Crippen LogP contribution >= 0.6 is 0 Å². The van der Waals surface area contributed by atoms with Crippen molar-refractivity contribution in [3.05, 3.63) is 48.8 Å². The number of aromatic nitrogens is 2. The number of fused-ring (bicyclic) bond motifs is 1. The zero-order valence-electron chi connectivity index (χ0n) is 32.4. The number of carbonyl (C=O) groups excluding carboxylic acids is 3. The summed E-state index contributed by atoms with van der Waals surface area (Å²) in [6.45, 7) is 27.3. The lowest BCUT2D eigenvalue weighted by Crippen LogP contribution is -2.57. The lowest BCUT2D eigenvalue weighted by Gasteiger charge is -2.39. The van der Waals surface area contributed by atoms with Crippen molar-refractivity contribution in [3.63, 3.8) is 0 Å². The Morgan fingerprint density at radius 1 is 1.02 bits per heavy atom. The maximum Gasteiger partial charge on any atom is 0.431 e. The Hall–Kier alpha value is -3.88. The van der Waals surface area contributed by atoms with Gasteiger partial charge in [-0.05, 0) is 103 Å². The zero-order valence-corrected chi connectivity index (χ0v) is 33.4. The molecule has 0 bridgehead atoms. The van der Waals surface area contributed by atoms with Crippen molar-refractivity contribution in [1.29, 1.82) is 0 Å². The van der Waals surface area contributed by atoms with Crippen LogP contribution in [0.2, 0.25) is 18.1 Å². The average Bonchev–Trinajstić information content (AvgIpc) is 3.47. The Labute approximate surface area is 303 Å². The number of hydrogen-bond acceptors (Lipinski definition) is 10. The summed E-state index contributed by atoms with van der Waals surface area (Å²) in [5, 5.41) is 7.47. The van der Waals surface area contributed by atoms with E-state index in [9.17, 15) is 14.4 Å². The van der Waals surface area contributed by atoms with Crippen LogP contribution in [0.1, 0.15) is 81.2 Å². The molecule has 51 heavy (non-hydrogen) atoms. The lowest BCUT2D eigenvalue weighted by molar-refractivity contribution is -0.204. The largest absolute Gasteiger partial charge is 0.486 e. The highest BCUT2D eigenvalue weighted by atomic mass is 28.4. The summed E-state index contributed by atoms with van der Waals surface area (Å²) in [5.74, 6) is -0.0975. The monoisotopic (exact) mass is 730 g/mol. The molecule has 3 rings (SSSR count). The van der Waals surface area contributed by atoms with Crippen LogP contribution in [0.4, 0.5) is 9.59 Å². The van der Waals surface area contributed by atoms with E-state index < -0.39 is 49.4 Å². The Morgan fingerprint density at radius 3 is 2.29 bits per heavy atom. The highest BCUT2D eigenvalue weighted by Crippen LogP contribution is 2.38. The third kappa shape index (κ3) is 12.1. The maximum absolute atomic E-state index is 13.4. The fourth-order valence-corrected chi connectivity index (χ4v) is 6.30. The minimum absolute atomic E-state index is 0.0243. The third-order valence-electron chi connectivity index (χ3n) is 8.60. The molecule has 0 spiro atoms. The number of nitrogens with one attached hydrogen (secondary N) is 2. The summed E-state index contributed by atoms with van der Waals surface area (Å²) in [5.41, 5.74) is 1.89. The van der Waals surface area contributed by atoms with Crippen LogP contribution in [-0.4, -0.2) is 78.4 Å². The highest BCUT2D eigenvalue weighted by Gasteiger charge is 2.50. The number of benzene rings is 1. The number of aryl methyl sites for hydroxylation is 1. The predicted molar refractivity (Wildman–Crippen MR) is 197 cm³/mol. The molecule has 0 saturated carbocycles. The van der Waals surface area contributed by atoms with E-state index in [1.165, 1.54) is 13.0 Å². The van der Waals surface area contributed by atoms with Crippen molar-refractivity contribution in [2.75, 3.05) is 13.2 Å². The van der Waals surface area contributed by atoms with E-state index in [4.69, 9.17) is 28.2 Å². The molecule has 0 radical (unpaired) electrons. The molecule has 0 saturated heterocycles. The van der Waals surface area contributed by atoms with Crippen LogP contribution in [0.25, 0.3) is 11.1 Å². The van der Waals surface area contributed by atoms with Crippen molar-refractivity contribution in [3.8, 4) is 16.9 Å². The number of alkyl carbamates (subject to hydrolysis) is 1. The summed E-state index contributed by atoms with van der Waals surface area (Å²) in [6, 6.07) is 5.81. The SMILES string of the molecule is C=CCOC(=O)NOC(C)(C(=O)OC(C)(C)C)C1CCc2cc(-c3cnn(CC(CNC(=O)OC(C)(C)C)O[Si](C)(C)C(C)(C)C)c3)ccc2O1. The molecule has 3 unspecified atom stereocenters. The molecule has 1 aliphatic rings. The van der Waals surface area contributed by atoms with E-state index in [1.807, 2.05) is 49.8 Å². The van der Waals surface area contributed by atoms with E-state index in [-0.39, 0.29) is 24.3 Å². The smallest absolute Gasteiger partial charge is 0.431 e. The summed E-state index contributed by atoms with van der Waals surface area (Å²) < 4.78 is 30.9. The summed E-state index contributed by atoms with van der Waals surface area (Å²) in [6.07, 6.45) is 3.67. The van der Waals surface area contributed by atoms with Crippen LogP contribution in [0.5, 0.6) is 5.75 Å². The number of nitrogens with zero attached hydrogens (tertiary/aromatic N) is 2. The van der Waals surface area contributed by atoms with Gasteiger partial charge in [0.15, 0.2) is 8.32 Å². The van der Waals surface area contributed by atoms with E-state index in [0.29, 0.717) is 25.1 Å². The minimum Gasteiger partial charge on any atom is -0.486 e. The number of rotatable bonds is 13. The fourth-order valence-electron chi connectivity index (χ4n) is 4.96. The molecule has 3 atom stereocenters. The van der Waals surface area contributed by atoms with Gasteiger partial charge in [0, 0.05) is 18.3 Å². The van der Waals surface area contributed by atoms with Gasteiger partial charge < -0.3 is 28.7 Å². The molecule has 284 valence electrons. The van der Waals surface area contributed by atoms with Gasteiger partial charge >= 0.3 is 18.2 Å². The molecule has 2 amide bonds. The lowest BCUT2D eigenvalue weighted by atomic mass is 9.89. The summed E-state index contributed by atoms with van der Waals surface area (Å²) >= 11 is 0. The molecular formula is C37H58N4O9Si. The van der Waals surface area contributed by atoms with E-state index in [2.05, 4.69) is 56.3 Å². The number of carbonyl (C=O) groups is 3. The number of hydrogen-bond donors (Lipinski definition) is 2.